The van der Waals surface area contributed by atoms with Gasteiger partial charge in [0.05, 0.1) is 6.61 Å². The van der Waals surface area contributed by atoms with Gasteiger partial charge in [0.25, 0.3) is 0 Å². The molecular weight excluding hydrogens is 182 g/mol. The van der Waals surface area contributed by atoms with Crippen LogP contribution in [0.25, 0.3) is 0 Å². The van der Waals surface area contributed by atoms with E-state index in [1.54, 1.807) is 11.3 Å². The van der Waals surface area contributed by atoms with Gasteiger partial charge in [-0.05, 0) is 31.5 Å². The van der Waals surface area contributed by atoms with E-state index in [0.717, 1.165) is 19.5 Å². The highest BCUT2D eigenvalue weighted by atomic mass is 32.1. The molecule has 0 amide bonds. The number of aliphatic hydroxyl groups excluding tert-OH is 1. The second kappa shape index (κ2) is 3.40. The van der Waals surface area contributed by atoms with Crippen LogP contribution in [-0.4, -0.2) is 36.8 Å². The minimum atomic E-state index is 0.0307. The lowest BCUT2D eigenvalue weighted by atomic mass is 9.86. The average Bonchev–Trinajstić information content (AvgIpc) is 2.73. The summed E-state index contributed by atoms with van der Waals surface area (Å²) in [6.45, 7) is 2.36. The number of thiophene rings is 1. The van der Waals surface area contributed by atoms with Crippen molar-refractivity contribution in [3.63, 3.8) is 0 Å². The van der Waals surface area contributed by atoms with Crippen molar-refractivity contribution in [2.24, 2.45) is 0 Å². The number of likely N-dealkylation sites (tertiary alicyclic amines) is 1. The fourth-order valence-electron chi connectivity index (χ4n) is 2.07. The Morgan fingerprint density at radius 3 is 3.00 bits per heavy atom. The van der Waals surface area contributed by atoms with Crippen LogP contribution in [0.3, 0.4) is 0 Å². The molecule has 1 unspecified atom stereocenters. The van der Waals surface area contributed by atoms with Crippen LogP contribution in [-0.2, 0) is 5.41 Å². The molecule has 1 aliphatic rings. The van der Waals surface area contributed by atoms with Crippen LogP contribution >= 0.6 is 11.3 Å². The minimum Gasteiger partial charge on any atom is -0.395 e. The molecule has 1 aromatic rings. The molecule has 2 heterocycles. The van der Waals surface area contributed by atoms with Crippen LogP contribution in [0, 0.1) is 0 Å². The highest BCUT2D eigenvalue weighted by Crippen LogP contribution is 2.35. The first kappa shape index (κ1) is 9.19. The summed E-state index contributed by atoms with van der Waals surface area (Å²) in [6, 6.07) is 4.20. The summed E-state index contributed by atoms with van der Waals surface area (Å²) in [5.41, 5.74) is 0.0307. The summed E-state index contributed by atoms with van der Waals surface area (Å²) >= 11 is 1.76. The van der Waals surface area contributed by atoms with Crippen LogP contribution < -0.4 is 0 Å². The van der Waals surface area contributed by atoms with Gasteiger partial charge in [-0.25, -0.2) is 0 Å². The highest BCUT2D eigenvalue weighted by molar-refractivity contribution is 7.10. The first-order chi connectivity index (χ1) is 6.27. The van der Waals surface area contributed by atoms with E-state index >= 15 is 0 Å². The van der Waals surface area contributed by atoms with Crippen LogP contribution in [0.4, 0.5) is 0 Å². The fraction of sp³-hybridized carbons (Fsp3) is 0.600. The van der Waals surface area contributed by atoms with Gasteiger partial charge in [0.2, 0.25) is 0 Å². The summed E-state index contributed by atoms with van der Waals surface area (Å²) in [5.74, 6) is 0. The summed E-state index contributed by atoms with van der Waals surface area (Å²) in [4.78, 5) is 3.62. The van der Waals surface area contributed by atoms with Gasteiger partial charge in [0, 0.05) is 16.8 Å². The molecule has 2 rings (SSSR count). The van der Waals surface area contributed by atoms with Crippen molar-refractivity contribution in [1.29, 1.82) is 0 Å². The van der Waals surface area contributed by atoms with Gasteiger partial charge in [-0.15, -0.1) is 11.3 Å². The van der Waals surface area contributed by atoms with Gasteiger partial charge in [0.15, 0.2) is 0 Å². The molecule has 0 bridgehead atoms. The second-order valence-corrected chi connectivity index (χ2v) is 4.85. The lowest BCUT2D eigenvalue weighted by molar-refractivity contribution is 0.198. The van der Waals surface area contributed by atoms with E-state index in [9.17, 15) is 5.11 Å². The first-order valence-corrected chi connectivity index (χ1v) is 5.48. The molecule has 0 aliphatic carbocycles. The molecule has 3 heteroatoms. The molecule has 13 heavy (non-hydrogen) atoms. The molecule has 1 aliphatic heterocycles. The summed E-state index contributed by atoms with van der Waals surface area (Å²) in [7, 11) is 2.12. The first-order valence-electron chi connectivity index (χ1n) is 4.60. The molecule has 1 saturated heterocycles. The van der Waals surface area contributed by atoms with E-state index < -0.39 is 0 Å². The zero-order valence-electron chi connectivity index (χ0n) is 7.86. The number of hydrogen-bond donors (Lipinski definition) is 1. The van der Waals surface area contributed by atoms with Gasteiger partial charge in [-0.2, -0.15) is 0 Å². The maximum atomic E-state index is 9.49. The zero-order valence-corrected chi connectivity index (χ0v) is 8.68. The molecular formula is C10H15NOS. The molecule has 1 atom stereocenters. The highest BCUT2D eigenvalue weighted by Gasteiger charge is 2.38. The summed E-state index contributed by atoms with van der Waals surface area (Å²) in [6.07, 6.45) is 1.08. The lowest BCUT2D eigenvalue weighted by Gasteiger charge is -2.24. The van der Waals surface area contributed by atoms with E-state index in [-0.39, 0.29) is 12.0 Å². The summed E-state index contributed by atoms with van der Waals surface area (Å²) in [5, 5.41) is 11.6. The zero-order chi connectivity index (χ0) is 9.31. The number of rotatable bonds is 2. The Kier molecular flexibility index (Phi) is 2.41. The third-order valence-electron chi connectivity index (χ3n) is 2.89. The average molecular weight is 197 g/mol. The maximum absolute atomic E-state index is 9.49. The standard InChI is InChI=1S/C10H15NOS/c1-11-5-4-10(7-11,8-12)9-3-2-6-13-9/h2-3,6,12H,4-5,7-8H2,1H3. The molecule has 1 aromatic heterocycles. The Hall–Kier alpha value is -0.380. The molecule has 72 valence electrons. The summed E-state index contributed by atoms with van der Waals surface area (Å²) < 4.78 is 0. The second-order valence-electron chi connectivity index (χ2n) is 3.90. The monoisotopic (exact) mass is 197 g/mol. The molecule has 0 aromatic carbocycles. The Morgan fingerprint density at radius 2 is 2.54 bits per heavy atom. The van der Waals surface area contributed by atoms with Gasteiger partial charge in [0.1, 0.15) is 0 Å². The van der Waals surface area contributed by atoms with Crippen molar-refractivity contribution in [1.82, 2.24) is 4.90 Å². The smallest absolute Gasteiger partial charge is 0.0548 e. The van der Waals surface area contributed by atoms with Crippen molar-refractivity contribution in [2.45, 2.75) is 11.8 Å². The van der Waals surface area contributed by atoms with Crippen LogP contribution in [0.5, 0.6) is 0 Å². The number of likely N-dealkylation sites (N-methyl/N-ethyl adjacent to an activating group) is 1. The van der Waals surface area contributed by atoms with E-state index in [2.05, 4.69) is 29.5 Å². The van der Waals surface area contributed by atoms with Gasteiger partial charge in [-0.1, -0.05) is 6.07 Å². The van der Waals surface area contributed by atoms with Gasteiger partial charge < -0.3 is 10.0 Å². The topological polar surface area (TPSA) is 23.5 Å². The van der Waals surface area contributed by atoms with Crippen LogP contribution in [0.1, 0.15) is 11.3 Å². The van der Waals surface area contributed by atoms with Crippen LogP contribution in [0.2, 0.25) is 0 Å². The Labute approximate surface area is 82.8 Å². The number of hydrogen-bond acceptors (Lipinski definition) is 3. The van der Waals surface area contributed by atoms with E-state index in [4.69, 9.17) is 0 Å². The third kappa shape index (κ3) is 1.52. The predicted molar refractivity (Wildman–Crippen MR) is 55.2 cm³/mol. The molecule has 0 saturated carbocycles. The Morgan fingerprint density at radius 1 is 1.69 bits per heavy atom. The van der Waals surface area contributed by atoms with Crippen molar-refractivity contribution < 1.29 is 5.11 Å². The van der Waals surface area contributed by atoms with E-state index in [1.165, 1.54) is 4.88 Å². The van der Waals surface area contributed by atoms with Crippen molar-refractivity contribution >= 4 is 11.3 Å². The van der Waals surface area contributed by atoms with Crippen molar-refractivity contribution in [2.75, 3.05) is 26.7 Å². The normalized spacial score (nSPS) is 29.7. The predicted octanol–water partition coefficient (Wildman–Crippen LogP) is 1.31. The van der Waals surface area contributed by atoms with Gasteiger partial charge >= 0.3 is 0 Å². The molecule has 0 radical (unpaired) electrons. The van der Waals surface area contributed by atoms with E-state index in [0.29, 0.717) is 0 Å². The molecule has 0 spiro atoms. The third-order valence-corrected chi connectivity index (χ3v) is 4.01. The van der Waals surface area contributed by atoms with Crippen molar-refractivity contribution in [3.05, 3.63) is 22.4 Å². The SMILES string of the molecule is CN1CCC(CO)(c2cccs2)C1. The lowest BCUT2D eigenvalue weighted by Crippen LogP contribution is -2.32. The molecule has 1 N–H and O–H groups in total. The van der Waals surface area contributed by atoms with Crippen LogP contribution in [0.15, 0.2) is 17.5 Å². The fourth-order valence-corrected chi connectivity index (χ4v) is 3.01. The van der Waals surface area contributed by atoms with Gasteiger partial charge in [-0.3, -0.25) is 0 Å². The molecule has 2 nitrogen and oxygen atoms in total. The Bertz CT molecular complexity index is 272. The van der Waals surface area contributed by atoms with Crippen molar-refractivity contribution in [3.8, 4) is 0 Å². The Balaban J connectivity index is 2.26. The largest absolute Gasteiger partial charge is 0.395 e. The molecule has 1 fully saturated rings. The van der Waals surface area contributed by atoms with E-state index in [1.807, 2.05) is 0 Å². The minimum absolute atomic E-state index is 0.0307. The maximum Gasteiger partial charge on any atom is 0.0548 e. The number of aliphatic hydroxyl groups is 1. The quantitative estimate of drug-likeness (QED) is 0.773. The number of nitrogens with zero attached hydrogens (tertiary/aromatic N) is 1.